The molecular weight excluding hydrogens is 969 g/mol. The first-order valence-corrected chi connectivity index (χ1v) is 26.5. The maximum Gasteiger partial charge on any atom is 0.187 e. The van der Waals surface area contributed by atoms with Crippen molar-refractivity contribution in [3.63, 3.8) is 0 Å². The van der Waals surface area contributed by atoms with E-state index in [1.165, 1.54) is 0 Å². The standard InChI is InChI=1S/C50H80O23/c1-19-7-10-50(65-17-19)20(2)32-28(73-50)12-24-22-6-5-21-11-27(25(54)13-49(21,4)23(22)8-9-48(24,32)3)66-45-40(63)37(60)41(31(16-53)69-45)70-47-43(72-46-39(62)36(59)34(57)29(14-51)67-46)42(35(58)30(15-52)68-47)71-44-38(61)33(56)26(55)18-64-44/h20-47,51-63H,1,5-18H2,2-4H3/t20-,21-,22+,23-,24+,25+,26+,27+,28-,29+,30+,31+,32-,33-,34+,35+,36-,37+,38+,39+,40+,41-,42-,43+,44-,45+,46-,47-,48-,49-,50+/m0/s1. The van der Waals surface area contributed by atoms with E-state index in [0.717, 1.165) is 50.5 Å². The lowest BCUT2D eigenvalue weighted by molar-refractivity contribution is -0.404. The van der Waals surface area contributed by atoms with Gasteiger partial charge < -0.3 is 114 Å². The summed E-state index contributed by atoms with van der Waals surface area (Å²) in [7, 11) is 0. The lowest BCUT2D eigenvalue weighted by Crippen LogP contribution is -2.68. The number of aliphatic hydroxyl groups excluding tert-OH is 13. The molecule has 0 unspecified atom stereocenters. The summed E-state index contributed by atoms with van der Waals surface area (Å²) in [5.74, 6) is 1.62. The fraction of sp³-hybridized carbons (Fsp3) is 0.960. The molecule has 6 aliphatic heterocycles. The lowest BCUT2D eigenvalue weighted by Gasteiger charge is -2.62. The van der Waals surface area contributed by atoms with E-state index in [0.29, 0.717) is 43.1 Å². The third-order valence-corrected chi connectivity index (χ3v) is 19.8. The first-order valence-electron chi connectivity index (χ1n) is 26.5. The largest absolute Gasteiger partial charge is 0.394 e. The van der Waals surface area contributed by atoms with E-state index in [1.54, 1.807) is 0 Å². The minimum Gasteiger partial charge on any atom is -0.394 e. The summed E-state index contributed by atoms with van der Waals surface area (Å²) in [6.07, 6.45) is -27.7. The molecule has 4 aliphatic carbocycles. The van der Waals surface area contributed by atoms with Gasteiger partial charge in [0.05, 0.1) is 51.3 Å². The highest BCUT2D eigenvalue weighted by Gasteiger charge is 2.70. The second kappa shape index (κ2) is 21.1. The Balaban J connectivity index is 0.825. The van der Waals surface area contributed by atoms with Gasteiger partial charge in [0, 0.05) is 12.3 Å². The van der Waals surface area contributed by atoms with Gasteiger partial charge in [-0.2, -0.15) is 0 Å². The molecule has 6 heterocycles. The van der Waals surface area contributed by atoms with Crippen LogP contribution in [0.25, 0.3) is 0 Å². The minimum absolute atomic E-state index is 0.108. The van der Waals surface area contributed by atoms with E-state index < -0.39 is 161 Å². The quantitative estimate of drug-likeness (QED) is 0.0709. The predicted octanol–water partition coefficient (Wildman–Crippen LogP) is -3.38. The van der Waals surface area contributed by atoms with E-state index in [2.05, 4.69) is 27.4 Å². The van der Waals surface area contributed by atoms with E-state index in [1.807, 2.05) is 0 Å². The zero-order valence-corrected chi connectivity index (χ0v) is 41.7. The summed E-state index contributed by atoms with van der Waals surface area (Å²) in [4.78, 5) is 0. The van der Waals surface area contributed by atoms with Gasteiger partial charge in [-0.1, -0.05) is 32.9 Å². The van der Waals surface area contributed by atoms with Gasteiger partial charge in [-0.3, -0.25) is 0 Å². The Labute approximate surface area is 423 Å². The van der Waals surface area contributed by atoms with Gasteiger partial charge in [0.25, 0.3) is 0 Å². The summed E-state index contributed by atoms with van der Waals surface area (Å²) in [6.45, 7) is 8.67. The van der Waals surface area contributed by atoms with Gasteiger partial charge in [-0.25, -0.2) is 0 Å². The summed E-state index contributed by atoms with van der Waals surface area (Å²) in [6, 6.07) is 0. The molecule has 73 heavy (non-hydrogen) atoms. The van der Waals surface area contributed by atoms with E-state index in [-0.39, 0.29) is 28.8 Å². The van der Waals surface area contributed by atoms with Crippen LogP contribution in [0, 0.1) is 46.3 Å². The molecule has 6 saturated heterocycles. The fourth-order valence-electron chi connectivity index (χ4n) is 15.8. The first kappa shape index (κ1) is 55.1. The third kappa shape index (κ3) is 9.41. The van der Waals surface area contributed by atoms with Crippen LogP contribution in [0.1, 0.15) is 78.6 Å². The summed E-state index contributed by atoms with van der Waals surface area (Å²) in [5.41, 5.74) is 1.02. The third-order valence-electron chi connectivity index (χ3n) is 19.8. The first-order chi connectivity index (χ1) is 34.7. The Bertz CT molecular complexity index is 1910. The molecule has 0 aromatic heterocycles. The summed E-state index contributed by atoms with van der Waals surface area (Å²) >= 11 is 0. The van der Waals surface area contributed by atoms with Crippen LogP contribution >= 0.6 is 0 Å². The summed E-state index contributed by atoms with van der Waals surface area (Å²) in [5, 5.41) is 141. The number of fused-ring (bicyclic) bond motifs is 7. The van der Waals surface area contributed by atoms with Crippen molar-refractivity contribution < 1.29 is 114 Å². The molecule has 4 saturated carbocycles. The normalized spacial score (nSPS) is 57.2. The average Bonchev–Trinajstić information content (AvgIpc) is 3.82. The molecule has 0 amide bonds. The number of rotatable bonds is 11. The molecule has 10 rings (SSSR count). The van der Waals surface area contributed by atoms with E-state index in [4.69, 9.17) is 47.4 Å². The van der Waals surface area contributed by atoms with E-state index in [9.17, 15) is 66.4 Å². The van der Waals surface area contributed by atoms with Crippen molar-refractivity contribution in [3.05, 3.63) is 12.2 Å². The second-order valence-corrected chi connectivity index (χ2v) is 23.6. The molecule has 23 heteroatoms. The minimum atomic E-state index is -2.02. The lowest BCUT2D eigenvalue weighted by atomic mass is 9.44. The maximum atomic E-state index is 12.0. The molecule has 0 bridgehead atoms. The SMILES string of the molecule is C=C1CC[C@@]2(OC1)O[C@H]1C[C@@H]3[C@@H]4CC[C@H]5C[C@@H](O[C@@H]6O[C@H](CO)[C@H](O[C@@H]7O[C@H](CO)[C@@H](O)[C@H](O[C@@H]8OC[C@@H](O)[C@H](O)[C@H]8O)[C@H]7O[C@@H]7O[C@H](CO)[C@@H](O)[C@H](O)[C@H]7O)[C@H](O)[C@H]6O)[C@H](O)C[C@]5(C)[C@H]4CC[C@]3(C)[C@H]1[C@@H]2C. The zero-order chi connectivity index (χ0) is 52.2. The van der Waals surface area contributed by atoms with Gasteiger partial charge in [-0.05, 0) is 91.8 Å². The van der Waals surface area contributed by atoms with Crippen molar-refractivity contribution >= 4 is 0 Å². The smallest absolute Gasteiger partial charge is 0.187 e. The Morgan fingerprint density at radius 1 is 0.589 bits per heavy atom. The highest BCUT2D eigenvalue weighted by Crippen LogP contribution is 2.71. The van der Waals surface area contributed by atoms with Crippen molar-refractivity contribution in [2.45, 2.75) is 219 Å². The van der Waals surface area contributed by atoms with Crippen molar-refractivity contribution in [2.75, 3.05) is 33.0 Å². The van der Waals surface area contributed by atoms with Gasteiger partial charge in [0.15, 0.2) is 30.9 Å². The average molecular weight is 1050 g/mol. The Morgan fingerprint density at radius 3 is 1.92 bits per heavy atom. The second-order valence-electron chi connectivity index (χ2n) is 23.6. The number of aliphatic hydroxyl groups is 13. The van der Waals surface area contributed by atoms with Crippen LogP contribution in [0.4, 0.5) is 0 Å². The molecule has 10 fully saturated rings. The Hall–Kier alpha value is -1.18. The van der Waals surface area contributed by atoms with Crippen LogP contribution in [-0.2, 0) is 47.4 Å². The molecule has 23 nitrogen and oxygen atoms in total. The van der Waals surface area contributed by atoms with Crippen LogP contribution in [0.3, 0.4) is 0 Å². The Kier molecular flexibility index (Phi) is 16.0. The molecule has 418 valence electrons. The van der Waals surface area contributed by atoms with Gasteiger partial charge in [0.1, 0.15) is 91.6 Å². The number of ether oxygens (including phenoxy) is 10. The van der Waals surface area contributed by atoms with Crippen molar-refractivity contribution in [1.29, 1.82) is 0 Å². The number of hydrogen-bond donors (Lipinski definition) is 13. The molecule has 0 aromatic carbocycles. The van der Waals surface area contributed by atoms with Crippen LogP contribution in [-0.4, -0.2) is 240 Å². The van der Waals surface area contributed by atoms with Crippen molar-refractivity contribution in [2.24, 2.45) is 46.3 Å². The van der Waals surface area contributed by atoms with Crippen LogP contribution in [0.2, 0.25) is 0 Å². The molecular formula is C50H80O23. The highest BCUT2D eigenvalue weighted by molar-refractivity contribution is 5.17. The van der Waals surface area contributed by atoms with E-state index >= 15 is 0 Å². The molecule has 31 atom stereocenters. The van der Waals surface area contributed by atoms with Gasteiger partial charge in [-0.15, -0.1) is 0 Å². The van der Waals surface area contributed by atoms with Crippen molar-refractivity contribution in [1.82, 2.24) is 0 Å². The summed E-state index contributed by atoms with van der Waals surface area (Å²) < 4.78 is 60.9. The monoisotopic (exact) mass is 1050 g/mol. The van der Waals surface area contributed by atoms with Gasteiger partial charge in [0.2, 0.25) is 0 Å². The molecule has 1 spiro atoms. The van der Waals surface area contributed by atoms with Crippen molar-refractivity contribution in [3.8, 4) is 0 Å². The molecule has 10 aliphatic rings. The number of hydrogen-bond acceptors (Lipinski definition) is 23. The molecule has 0 aromatic rings. The maximum absolute atomic E-state index is 12.0. The zero-order valence-electron chi connectivity index (χ0n) is 41.7. The highest BCUT2D eigenvalue weighted by atomic mass is 16.8. The van der Waals surface area contributed by atoms with Crippen LogP contribution in [0.15, 0.2) is 12.2 Å². The fourth-order valence-corrected chi connectivity index (χ4v) is 15.8. The molecule has 0 radical (unpaired) electrons. The topological polar surface area (TPSA) is 355 Å². The van der Waals surface area contributed by atoms with Crippen LogP contribution < -0.4 is 0 Å². The van der Waals surface area contributed by atoms with Gasteiger partial charge >= 0.3 is 0 Å². The van der Waals surface area contributed by atoms with Crippen LogP contribution in [0.5, 0.6) is 0 Å². The predicted molar refractivity (Wildman–Crippen MR) is 244 cm³/mol. The molecule has 13 N–H and O–H groups in total. The Morgan fingerprint density at radius 2 is 1.22 bits per heavy atom.